The van der Waals surface area contributed by atoms with Gasteiger partial charge in [0.1, 0.15) is 34.5 Å². The fourth-order valence-electron chi connectivity index (χ4n) is 15.0. The number of piperidine rings is 1. The minimum absolute atomic E-state index is 0.130. The standard InChI is InChI=1S/C25H25N5O3.C25H18N4O3.C24H23N5O3.C23H21N5O2/c31-20-4-2-19(3-5-20)27-25(33)24-22-12-17(1-6-23(22)28-29-24)18-11-16(13-26-14-18)15-30-9-7-21(32)8-10-30;30-19-9-7-18(8-10-19)27-25(31)24-22-13-16(6-11-23(22)28-29-24)17-12-21(15-26-14-17)32-20-4-2-1-3-5-20;30-20-4-2-19(3-5-20)26-24(31)23-21-12-17(1-6-22(21)27-28-23)18-11-16(13-25-14-18)15-29-7-9-32-10-8-29;29-19-5-3-18(4-6-19)25-23(30)22-20-11-16(2-7-21(20)26-27-22)17-10-15(12-24-13-17)14-28-8-1-9-28/h1-6,11-14,21,31-32H,7-10,15H2,(H,27,33)(H,28,29);1-15,30H,(H,27,31)(H,28,29);1-6,11-14,30H,7-10,15H2,(H,26,31)(H,27,28);2-7,10-13,29H,1,8-9,14H2,(H,25,30)(H,26,27). The van der Waals surface area contributed by atoms with Crippen LogP contribution in [-0.4, -0.2) is 183 Å². The number of aromatic amines is 4. The minimum Gasteiger partial charge on any atom is -0.508 e. The van der Waals surface area contributed by atoms with Crippen LogP contribution in [0.2, 0.25) is 0 Å². The number of anilines is 4. The molecule has 0 atom stereocenters. The molecule has 0 spiro atoms. The van der Waals surface area contributed by atoms with Gasteiger partial charge in [0.05, 0.1) is 47.6 Å². The lowest BCUT2D eigenvalue weighted by Crippen LogP contribution is -2.36. The molecule has 3 aliphatic heterocycles. The summed E-state index contributed by atoms with van der Waals surface area (Å²) >= 11 is 0. The Balaban J connectivity index is 0.000000119. The Bertz CT molecular complexity index is 6750. The number of aliphatic hydroxyl groups is 1. The first kappa shape index (κ1) is 83.4. The third kappa shape index (κ3) is 20.9. The quantitative estimate of drug-likeness (QED) is 0.0315. The molecule has 3 fully saturated rings. The molecular formula is C97H87N19O11. The Morgan fingerprint density at radius 3 is 0.969 bits per heavy atom. The highest BCUT2D eigenvalue weighted by Crippen LogP contribution is 2.35. The van der Waals surface area contributed by atoms with Gasteiger partial charge in [0.25, 0.3) is 23.6 Å². The van der Waals surface area contributed by atoms with Crippen molar-refractivity contribution in [3.63, 3.8) is 0 Å². The topological polar surface area (TPSA) is 412 Å². The van der Waals surface area contributed by atoms with E-state index in [1.54, 1.807) is 60.9 Å². The van der Waals surface area contributed by atoms with Crippen molar-refractivity contribution in [3.05, 3.63) is 313 Å². The number of amides is 4. The van der Waals surface area contributed by atoms with Gasteiger partial charge in [-0.25, -0.2) is 0 Å². The van der Waals surface area contributed by atoms with E-state index in [1.165, 1.54) is 60.5 Å². The van der Waals surface area contributed by atoms with Gasteiger partial charge in [-0.2, -0.15) is 20.4 Å². The summed E-state index contributed by atoms with van der Waals surface area (Å²) in [5, 5.41) is 90.0. The number of aromatic nitrogens is 12. The molecule has 636 valence electrons. The van der Waals surface area contributed by atoms with E-state index < -0.39 is 0 Å². The van der Waals surface area contributed by atoms with Crippen LogP contribution in [0.1, 0.15) is 77.9 Å². The number of benzene rings is 9. The molecule has 0 unspecified atom stereocenters. The van der Waals surface area contributed by atoms with Gasteiger partial charge in [-0.05, 0) is 253 Å². The number of aromatic hydroxyl groups is 4. The van der Waals surface area contributed by atoms with Gasteiger partial charge in [-0.3, -0.25) is 74.2 Å². The molecule has 0 aliphatic carbocycles. The predicted molar refractivity (Wildman–Crippen MR) is 485 cm³/mol. The van der Waals surface area contributed by atoms with Gasteiger partial charge >= 0.3 is 0 Å². The van der Waals surface area contributed by atoms with E-state index in [9.17, 15) is 44.7 Å². The van der Waals surface area contributed by atoms with E-state index in [2.05, 4.69) is 115 Å². The average molecular weight is 1690 g/mol. The molecule has 3 aliphatic rings. The maximum atomic E-state index is 12.8. The number of likely N-dealkylation sites (tertiary alicyclic amines) is 2. The molecule has 13 N–H and O–H groups in total. The van der Waals surface area contributed by atoms with Crippen molar-refractivity contribution in [2.75, 3.05) is 73.7 Å². The van der Waals surface area contributed by atoms with Gasteiger partial charge in [0, 0.05) is 156 Å². The molecule has 20 rings (SSSR count). The Morgan fingerprint density at radius 1 is 0.339 bits per heavy atom. The first-order chi connectivity index (χ1) is 62.0. The molecule has 0 saturated carbocycles. The molecule has 11 heterocycles. The van der Waals surface area contributed by atoms with Crippen LogP contribution in [0.25, 0.3) is 88.1 Å². The van der Waals surface area contributed by atoms with Crippen molar-refractivity contribution in [1.29, 1.82) is 0 Å². The molecule has 0 radical (unpaired) electrons. The number of nitrogens with one attached hydrogen (secondary N) is 8. The van der Waals surface area contributed by atoms with Gasteiger partial charge in [0.2, 0.25) is 0 Å². The number of phenolic OH excluding ortho intramolecular Hbond substituents is 4. The molecular weight excluding hydrogens is 1610 g/mol. The number of hydrogen-bond donors (Lipinski definition) is 13. The van der Waals surface area contributed by atoms with Crippen molar-refractivity contribution in [3.8, 4) is 79.0 Å². The number of aliphatic hydroxyl groups excluding tert-OH is 1. The number of pyridine rings is 4. The second-order valence-electron chi connectivity index (χ2n) is 30.9. The highest BCUT2D eigenvalue weighted by atomic mass is 16.5. The van der Waals surface area contributed by atoms with Crippen molar-refractivity contribution in [2.45, 2.75) is 45.0 Å². The van der Waals surface area contributed by atoms with E-state index >= 15 is 0 Å². The van der Waals surface area contributed by atoms with Crippen LogP contribution >= 0.6 is 0 Å². The number of carbonyl (C=O) groups excluding carboxylic acids is 4. The summed E-state index contributed by atoms with van der Waals surface area (Å²) < 4.78 is 11.3. The first-order valence-corrected chi connectivity index (χ1v) is 41.3. The second kappa shape index (κ2) is 38.7. The summed E-state index contributed by atoms with van der Waals surface area (Å²) in [6, 6.07) is 66.4. The molecule has 127 heavy (non-hydrogen) atoms. The average Bonchev–Trinajstić information content (AvgIpc) is 1.68. The van der Waals surface area contributed by atoms with Crippen LogP contribution in [0.5, 0.6) is 34.5 Å². The Kier molecular flexibility index (Phi) is 25.4. The van der Waals surface area contributed by atoms with Crippen LogP contribution < -0.4 is 26.0 Å². The van der Waals surface area contributed by atoms with Crippen molar-refractivity contribution >= 4 is 90.0 Å². The lowest BCUT2D eigenvalue weighted by Gasteiger charge is -2.30. The van der Waals surface area contributed by atoms with Crippen LogP contribution in [0.15, 0.2) is 274 Å². The second-order valence-corrected chi connectivity index (χ2v) is 30.9. The van der Waals surface area contributed by atoms with E-state index in [0.29, 0.717) is 51.0 Å². The number of rotatable bonds is 20. The summed E-state index contributed by atoms with van der Waals surface area (Å²) in [5.74, 6) is 0.585. The zero-order valence-electron chi connectivity index (χ0n) is 68.6. The third-order valence-electron chi connectivity index (χ3n) is 21.9. The Hall–Kier alpha value is -15.9. The number of morpholine rings is 1. The van der Waals surface area contributed by atoms with Gasteiger partial charge in [-0.15, -0.1) is 0 Å². The summed E-state index contributed by atoms with van der Waals surface area (Å²) in [6.45, 7) is 9.95. The molecule has 4 amide bonds. The SMILES string of the molecule is O=C(Nc1ccc(O)cc1)c1n[nH]c2ccc(-c3cncc(CN4CCC(O)CC4)c3)cc12.O=C(Nc1ccc(O)cc1)c1n[nH]c2ccc(-c3cncc(CN4CCC4)c3)cc12.O=C(Nc1ccc(O)cc1)c1n[nH]c2ccc(-c3cncc(CN4CCOCC4)c3)cc12.O=C(Nc1ccc(O)cc1)c1n[nH]c2ccc(-c3cncc(Oc4ccccc4)c3)cc12. The zero-order valence-corrected chi connectivity index (χ0v) is 68.6. The van der Waals surface area contributed by atoms with Gasteiger partial charge in [0.15, 0.2) is 22.8 Å². The van der Waals surface area contributed by atoms with Gasteiger partial charge < -0.3 is 56.3 Å². The van der Waals surface area contributed by atoms with E-state index in [0.717, 1.165) is 185 Å². The smallest absolute Gasteiger partial charge is 0.276 e. The van der Waals surface area contributed by atoms with Crippen LogP contribution in [0, 0.1) is 0 Å². The normalized spacial score (nSPS) is 13.6. The molecule has 30 nitrogen and oxygen atoms in total. The number of ether oxygens (including phenoxy) is 2. The largest absolute Gasteiger partial charge is 0.508 e. The zero-order chi connectivity index (χ0) is 87.1. The van der Waals surface area contributed by atoms with E-state index in [4.69, 9.17) is 9.47 Å². The summed E-state index contributed by atoms with van der Waals surface area (Å²) in [7, 11) is 0. The van der Waals surface area contributed by atoms with E-state index in [-0.39, 0.29) is 58.4 Å². The fourth-order valence-corrected chi connectivity index (χ4v) is 15.0. The summed E-state index contributed by atoms with van der Waals surface area (Å²) in [5.41, 5.74) is 17.7. The number of hydrogen-bond acceptors (Lipinski definition) is 22. The Morgan fingerprint density at radius 2 is 0.646 bits per heavy atom. The van der Waals surface area contributed by atoms with Crippen molar-refractivity contribution in [1.82, 2.24) is 75.4 Å². The maximum Gasteiger partial charge on any atom is 0.276 e. The highest BCUT2D eigenvalue weighted by molar-refractivity contribution is 6.14. The molecule has 17 aromatic rings. The number of para-hydroxylation sites is 1. The Labute approximate surface area is 727 Å². The number of nitrogens with zero attached hydrogens (tertiary/aromatic N) is 11. The van der Waals surface area contributed by atoms with Crippen LogP contribution in [-0.2, 0) is 24.4 Å². The molecule has 3 saturated heterocycles. The monoisotopic (exact) mass is 1690 g/mol. The molecule has 9 aromatic carbocycles. The fraction of sp³-hybridized carbons (Fsp3) is 0.155. The van der Waals surface area contributed by atoms with Crippen molar-refractivity contribution < 1.29 is 54.2 Å². The van der Waals surface area contributed by atoms with E-state index in [1.807, 2.05) is 146 Å². The van der Waals surface area contributed by atoms with Gasteiger partial charge in [-0.1, -0.05) is 42.5 Å². The molecule has 8 aromatic heterocycles. The first-order valence-electron chi connectivity index (χ1n) is 41.3. The summed E-state index contributed by atoms with van der Waals surface area (Å²) in [4.78, 5) is 75.9. The van der Waals surface area contributed by atoms with Crippen molar-refractivity contribution in [2.24, 2.45) is 0 Å². The van der Waals surface area contributed by atoms with Crippen LogP contribution in [0.4, 0.5) is 22.7 Å². The van der Waals surface area contributed by atoms with Crippen LogP contribution in [0.3, 0.4) is 0 Å². The number of phenols is 4. The number of carbonyl (C=O) groups is 4. The number of H-pyrrole nitrogens is 4. The third-order valence-corrected chi connectivity index (χ3v) is 21.9. The maximum absolute atomic E-state index is 12.8. The highest BCUT2D eigenvalue weighted by Gasteiger charge is 2.24. The lowest BCUT2D eigenvalue weighted by molar-refractivity contribution is 0.0341. The molecule has 30 heteroatoms. The number of fused-ring (bicyclic) bond motifs is 4. The summed E-state index contributed by atoms with van der Waals surface area (Å²) in [6.07, 6.45) is 17.3. The molecule has 0 bridgehead atoms. The lowest BCUT2D eigenvalue weighted by atomic mass is 10.0. The predicted octanol–water partition coefficient (Wildman–Crippen LogP) is 16.1. The minimum atomic E-state index is -0.349.